The van der Waals surface area contributed by atoms with Gasteiger partial charge in [0.05, 0.1) is 24.4 Å². The van der Waals surface area contributed by atoms with E-state index in [0.29, 0.717) is 36.8 Å². The molecule has 1 atom stereocenters. The minimum Gasteiger partial charge on any atom is -0.368 e. The first-order valence-electron chi connectivity index (χ1n) is 6.87. The van der Waals surface area contributed by atoms with Crippen molar-refractivity contribution in [2.75, 3.05) is 19.7 Å². The highest BCUT2D eigenvalue weighted by atomic mass is 16.5. The van der Waals surface area contributed by atoms with E-state index in [1.54, 1.807) is 11.8 Å². The number of nitrogens with one attached hydrogen (secondary N) is 1. The quantitative estimate of drug-likeness (QED) is 0.843. The maximum Gasteiger partial charge on any atom is 0.257 e. The Hall–Kier alpha value is -2.61. The molecule has 0 saturated carbocycles. The number of morpholine rings is 1. The second kappa shape index (κ2) is 6.02. The molecule has 1 N–H and O–H groups in total. The number of hydrogen-bond donors (Lipinski definition) is 1. The van der Waals surface area contributed by atoms with Gasteiger partial charge in [0.2, 0.25) is 0 Å². The Kier molecular flexibility index (Phi) is 3.92. The van der Waals surface area contributed by atoms with E-state index < -0.39 is 6.10 Å². The number of rotatable bonds is 2. The molecule has 0 spiro atoms. The number of H-pyrrole nitrogens is 1. The van der Waals surface area contributed by atoms with Gasteiger partial charge in [-0.05, 0) is 6.92 Å². The summed E-state index contributed by atoms with van der Waals surface area (Å²) in [5.74, 6) is 0.362. The highest BCUT2D eigenvalue weighted by Gasteiger charge is 2.27. The molecule has 114 valence electrons. The van der Waals surface area contributed by atoms with Crippen molar-refractivity contribution in [3.63, 3.8) is 0 Å². The minimum atomic E-state index is -0.414. The van der Waals surface area contributed by atoms with Crippen LogP contribution >= 0.6 is 0 Å². The Balaban J connectivity index is 1.79. The number of amides is 1. The van der Waals surface area contributed by atoms with Gasteiger partial charge in [0.1, 0.15) is 18.3 Å². The molecule has 1 saturated heterocycles. The van der Waals surface area contributed by atoms with Crippen molar-refractivity contribution in [3.05, 3.63) is 52.2 Å². The Morgan fingerprint density at radius 3 is 2.91 bits per heavy atom. The van der Waals surface area contributed by atoms with Crippen LogP contribution in [-0.2, 0) is 4.74 Å². The van der Waals surface area contributed by atoms with Crippen molar-refractivity contribution in [3.8, 4) is 0 Å². The van der Waals surface area contributed by atoms with Crippen molar-refractivity contribution in [2.24, 2.45) is 0 Å². The van der Waals surface area contributed by atoms with Gasteiger partial charge >= 0.3 is 0 Å². The van der Waals surface area contributed by atoms with Gasteiger partial charge in [-0.25, -0.2) is 15.0 Å². The van der Waals surface area contributed by atoms with Gasteiger partial charge < -0.3 is 14.6 Å². The summed E-state index contributed by atoms with van der Waals surface area (Å²) >= 11 is 0. The highest BCUT2D eigenvalue weighted by molar-refractivity contribution is 5.93. The van der Waals surface area contributed by atoms with Crippen LogP contribution < -0.4 is 5.56 Å². The van der Waals surface area contributed by atoms with Crippen molar-refractivity contribution < 1.29 is 9.53 Å². The zero-order valence-electron chi connectivity index (χ0n) is 12.0. The second-order valence-corrected chi connectivity index (χ2v) is 4.99. The van der Waals surface area contributed by atoms with Crippen LogP contribution in [0.4, 0.5) is 0 Å². The summed E-state index contributed by atoms with van der Waals surface area (Å²) in [4.78, 5) is 40.2. The van der Waals surface area contributed by atoms with Gasteiger partial charge in [-0.1, -0.05) is 0 Å². The molecule has 0 unspecified atom stereocenters. The number of aryl methyl sites for hydroxylation is 1. The summed E-state index contributed by atoms with van der Waals surface area (Å²) in [5.41, 5.74) is 0.729. The molecule has 8 nitrogen and oxygen atoms in total. The number of ether oxygens (including phenoxy) is 1. The summed E-state index contributed by atoms with van der Waals surface area (Å²) in [7, 11) is 0. The van der Waals surface area contributed by atoms with Crippen molar-refractivity contribution in [2.45, 2.75) is 13.0 Å². The largest absolute Gasteiger partial charge is 0.368 e. The van der Waals surface area contributed by atoms with E-state index in [9.17, 15) is 9.59 Å². The molecule has 1 aliphatic heterocycles. The van der Waals surface area contributed by atoms with Crippen LogP contribution in [0.2, 0.25) is 0 Å². The van der Waals surface area contributed by atoms with Crippen LogP contribution in [-0.4, -0.2) is 50.4 Å². The summed E-state index contributed by atoms with van der Waals surface area (Å²) in [6.45, 7) is 2.91. The maximum atomic E-state index is 12.4. The predicted molar refractivity (Wildman–Crippen MR) is 76.2 cm³/mol. The summed E-state index contributed by atoms with van der Waals surface area (Å²) < 4.78 is 5.65. The van der Waals surface area contributed by atoms with Crippen LogP contribution in [0.1, 0.15) is 28.0 Å². The third-order valence-corrected chi connectivity index (χ3v) is 3.37. The van der Waals surface area contributed by atoms with Crippen LogP contribution in [0.25, 0.3) is 0 Å². The van der Waals surface area contributed by atoms with E-state index in [2.05, 4.69) is 19.9 Å². The molecule has 1 amide bonds. The molecule has 0 radical (unpaired) electrons. The van der Waals surface area contributed by atoms with Gasteiger partial charge in [-0.3, -0.25) is 9.59 Å². The monoisotopic (exact) mass is 301 g/mol. The highest BCUT2D eigenvalue weighted by Crippen LogP contribution is 2.20. The second-order valence-electron chi connectivity index (χ2n) is 4.99. The fourth-order valence-electron chi connectivity index (χ4n) is 2.37. The van der Waals surface area contributed by atoms with E-state index >= 15 is 0 Å². The Labute approximate surface area is 126 Å². The van der Waals surface area contributed by atoms with Gasteiger partial charge in [-0.15, -0.1) is 0 Å². The predicted octanol–water partition coefficient (Wildman–Crippen LogP) is 0.0820. The van der Waals surface area contributed by atoms with E-state index in [1.807, 2.05) is 0 Å². The molecule has 3 heterocycles. The van der Waals surface area contributed by atoms with Gasteiger partial charge in [0.25, 0.3) is 11.5 Å². The maximum absolute atomic E-state index is 12.4. The standard InChI is InChI=1S/C14H15N5O3/c1-9-17-11(4-13(20)18-9)12-7-19(2-3-22-12)14(21)10-5-15-8-16-6-10/h4-6,8,12H,2-3,7H2,1H3,(H,17,18,20)/t12-/m1/s1. The molecule has 0 aromatic carbocycles. The zero-order chi connectivity index (χ0) is 15.5. The van der Waals surface area contributed by atoms with E-state index in [1.165, 1.54) is 24.8 Å². The molecule has 22 heavy (non-hydrogen) atoms. The molecule has 8 heteroatoms. The number of carbonyl (C=O) groups excluding carboxylic acids is 1. The Morgan fingerprint density at radius 1 is 1.41 bits per heavy atom. The number of aromatic amines is 1. The van der Waals surface area contributed by atoms with E-state index in [0.717, 1.165) is 0 Å². The molecule has 0 aliphatic carbocycles. The van der Waals surface area contributed by atoms with Crippen molar-refractivity contribution >= 4 is 5.91 Å². The number of aromatic nitrogens is 4. The number of nitrogens with zero attached hydrogens (tertiary/aromatic N) is 4. The van der Waals surface area contributed by atoms with Gasteiger partial charge in [-0.2, -0.15) is 0 Å². The average molecular weight is 301 g/mol. The lowest BCUT2D eigenvalue weighted by Crippen LogP contribution is -2.42. The third-order valence-electron chi connectivity index (χ3n) is 3.37. The topological polar surface area (TPSA) is 101 Å². The third kappa shape index (κ3) is 3.01. The van der Waals surface area contributed by atoms with Gasteiger partial charge in [0, 0.05) is 25.0 Å². The summed E-state index contributed by atoms with van der Waals surface area (Å²) in [6.07, 6.45) is 3.93. The average Bonchev–Trinajstić information content (AvgIpc) is 2.54. The van der Waals surface area contributed by atoms with Crippen LogP contribution in [0.15, 0.2) is 29.6 Å². The molecular formula is C14H15N5O3. The lowest BCUT2D eigenvalue weighted by Gasteiger charge is -2.32. The SMILES string of the molecule is Cc1nc([C@H]2CN(C(=O)c3cncnc3)CCO2)cc(=O)[nH]1. The van der Waals surface area contributed by atoms with Crippen LogP contribution in [0.5, 0.6) is 0 Å². The Bertz CT molecular complexity index is 731. The van der Waals surface area contributed by atoms with Crippen molar-refractivity contribution in [1.82, 2.24) is 24.8 Å². The van der Waals surface area contributed by atoms with Crippen LogP contribution in [0.3, 0.4) is 0 Å². The van der Waals surface area contributed by atoms with Crippen LogP contribution in [0, 0.1) is 6.92 Å². The van der Waals surface area contributed by atoms with Gasteiger partial charge in [0.15, 0.2) is 0 Å². The molecule has 1 aliphatic rings. The first-order chi connectivity index (χ1) is 10.6. The smallest absolute Gasteiger partial charge is 0.257 e. The first-order valence-corrected chi connectivity index (χ1v) is 6.87. The molecule has 0 bridgehead atoms. The minimum absolute atomic E-state index is 0.157. The fraction of sp³-hybridized carbons (Fsp3) is 0.357. The lowest BCUT2D eigenvalue weighted by atomic mass is 10.1. The van der Waals surface area contributed by atoms with E-state index in [4.69, 9.17) is 4.74 Å². The molecule has 2 aromatic heterocycles. The summed E-state index contributed by atoms with van der Waals surface area (Å²) in [6, 6.07) is 1.40. The van der Waals surface area contributed by atoms with E-state index in [-0.39, 0.29) is 11.5 Å². The zero-order valence-corrected chi connectivity index (χ0v) is 12.0. The number of hydrogen-bond acceptors (Lipinski definition) is 6. The number of carbonyl (C=O) groups is 1. The molecule has 1 fully saturated rings. The first kappa shape index (κ1) is 14.3. The molecule has 2 aromatic rings. The summed E-state index contributed by atoms with van der Waals surface area (Å²) in [5, 5.41) is 0. The molecule has 3 rings (SSSR count). The lowest BCUT2D eigenvalue weighted by molar-refractivity contribution is -0.0249. The fourth-order valence-corrected chi connectivity index (χ4v) is 2.37. The Morgan fingerprint density at radius 2 is 2.18 bits per heavy atom. The normalized spacial score (nSPS) is 18.2. The van der Waals surface area contributed by atoms with Crippen molar-refractivity contribution in [1.29, 1.82) is 0 Å². The molecular weight excluding hydrogens is 286 g/mol.